The quantitative estimate of drug-likeness (QED) is 0.168. The molecule has 1 aromatic heterocycles. The number of primary amides is 2. The number of nitrogens with zero attached hydrogens (tertiary/aromatic N) is 4. The summed E-state index contributed by atoms with van der Waals surface area (Å²) in [7, 11) is 0. The third-order valence-electron chi connectivity index (χ3n) is 5.00. The number of hydrogen-bond donors (Lipinski definition) is 5. The molecule has 36 heavy (non-hydrogen) atoms. The number of aromatic nitrogens is 2. The van der Waals surface area contributed by atoms with Gasteiger partial charge in [0.15, 0.2) is 5.82 Å². The van der Waals surface area contributed by atoms with Gasteiger partial charge in [0.1, 0.15) is 0 Å². The Bertz CT molecular complexity index is 1240. The molecule has 0 saturated carbocycles. The van der Waals surface area contributed by atoms with Gasteiger partial charge in [0.25, 0.3) is 5.95 Å². The molecular weight excluding hydrogens is 466 g/mol. The van der Waals surface area contributed by atoms with E-state index in [2.05, 4.69) is 15.3 Å². The Kier molecular flexibility index (Phi) is 8.46. The Hall–Kier alpha value is -4.59. The Morgan fingerprint density at radius 2 is 1.53 bits per heavy atom. The molecule has 0 aliphatic heterocycles. The molecule has 5 amide bonds. The van der Waals surface area contributed by atoms with Gasteiger partial charge in [-0.2, -0.15) is 9.99 Å². The zero-order chi connectivity index (χ0) is 26.2. The SMILES string of the molecule is CCC(=O)Nc1ccc(-c2c(COCc3ccccc3)nc(N(N)C(N)=O)nc2N(N)C(N)=O)cc1. The van der Waals surface area contributed by atoms with Gasteiger partial charge in [0.05, 0.1) is 24.5 Å². The number of ether oxygens (including phenoxy) is 1. The first-order valence-corrected chi connectivity index (χ1v) is 10.8. The number of nitrogens with one attached hydrogen (secondary N) is 1. The number of carbonyl (C=O) groups is 3. The standard InChI is InChI=1S/C23H27N9O4/c1-2-18(33)28-16-10-8-15(9-11-16)19-17(13-36-12-14-6-4-3-5-7-14)29-23(32(27)22(25)35)30-20(19)31(26)21(24)34/h3-11H,2,12-13,26-27H2,1H3,(H2,24,34)(H2,25,35)(H,28,33). The van der Waals surface area contributed by atoms with Gasteiger partial charge >= 0.3 is 12.1 Å². The molecule has 0 radical (unpaired) electrons. The second-order valence-electron chi connectivity index (χ2n) is 7.54. The van der Waals surface area contributed by atoms with Crippen molar-refractivity contribution in [3.8, 4) is 11.1 Å². The van der Waals surface area contributed by atoms with Gasteiger partial charge in [-0.3, -0.25) is 4.79 Å². The van der Waals surface area contributed by atoms with E-state index in [-0.39, 0.29) is 36.6 Å². The van der Waals surface area contributed by atoms with Crippen molar-refractivity contribution in [1.29, 1.82) is 0 Å². The van der Waals surface area contributed by atoms with Crippen LogP contribution in [0.3, 0.4) is 0 Å². The summed E-state index contributed by atoms with van der Waals surface area (Å²) in [5.74, 6) is 11.0. The number of rotatable bonds is 9. The van der Waals surface area contributed by atoms with Crippen LogP contribution in [0.5, 0.6) is 0 Å². The molecule has 13 nitrogen and oxygen atoms in total. The second-order valence-corrected chi connectivity index (χ2v) is 7.54. The van der Waals surface area contributed by atoms with E-state index in [4.69, 9.17) is 27.9 Å². The molecule has 0 aliphatic carbocycles. The van der Waals surface area contributed by atoms with Crippen LogP contribution in [0.1, 0.15) is 24.6 Å². The predicted molar refractivity (Wildman–Crippen MR) is 134 cm³/mol. The average molecular weight is 494 g/mol. The molecular formula is C23H27N9O4. The fourth-order valence-electron chi connectivity index (χ4n) is 3.18. The minimum absolute atomic E-state index is 0.0692. The summed E-state index contributed by atoms with van der Waals surface area (Å²) in [4.78, 5) is 43.9. The molecule has 2 aromatic carbocycles. The number of hydrazine groups is 2. The molecule has 0 atom stereocenters. The van der Waals surface area contributed by atoms with Crippen molar-refractivity contribution >= 4 is 35.4 Å². The van der Waals surface area contributed by atoms with E-state index in [1.807, 2.05) is 30.3 Å². The Morgan fingerprint density at radius 3 is 2.11 bits per heavy atom. The summed E-state index contributed by atoms with van der Waals surface area (Å²) >= 11 is 0. The average Bonchev–Trinajstić information content (AvgIpc) is 2.88. The number of benzene rings is 2. The van der Waals surface area contributed by atoms with Gasteiger partial charge in [-0.1, -0.05) is 49.4 Å². The highest BCUT2D eigenvalue weighted by Gasteiger charge is 2.25. The fraction of sp³-hybridized carbons (Fsp3) is 0.174. The van der Waals surface area contributed by atoms with Gasteiger partial charge in [-0.25, -0.2) is 31.3 Å². The van der Waals surface area contributed by atoms with Gasteiger partial charge in [0, 0.05) is 12.1 Å². The molecule has 0 unspecified atom stereocenters. The highest BCUT2D eigenvalue weighted by atomic mass is 16.5. The highest BCUT2D eigenvalue weighted by Crippen LogP contribution is 2.34. The van der Waals surface area contributed by atoms with Crippen LogP contribution in [0.4, 0.5) is 27.0 Å². The molecule has 0 bridgehead atoms. The van der Waals surface area contributed by atoms with Crippen molar-refractivity contribution in [3.05, 3.63) is 65.9 Å². The largest absolute Gasteiger partial charge is 0.370 e. The maximum atomic E-state index is 12.0. The van der Waals surface area contributed by atoms with E-state index in [0.717, 1.165) is 5.56 Å². The van der Waals surface area contributed by atoms with Crippen molar-refractivity contribution in [3.63, 3.8) is 0 Å². The molecule has 3 aromatic rings. The molecule has 0 fully saturated rings. The van der Waals surface area contributed by atoms with Crippen LogP contribution in [0, 0.1) is 0 Å². The van der Waals surface area contributed by atoms with Gasteiger partial charge in [-0.05, 0) is 23.3 Å². The van der Waals surface area contributed by atoms with E-state index in [1.165, 1.54) is 0 Å². The van der Waals surface area contributed by atoms with Gasteiger partial charge < -0.3 is 21.5 Å². The number of amides is 5. The lowest BCUT2D eigenvalue weighted by Crippen LogP contribution is -2.45. The summed E-state index contributed by atoms with van der Waals surface area (Å²) in [6, 6.07) is 14.1. The number of anilines is 3. The van der Waals surface area contributed by atoms with Crippen LogP contribution in [-0.2, 0) is 22.7 Å². The van der Waals surface area contributed by atoms with E-state index in [1.54, 1.807) is 31.2 Å². The first-order chi connectivity index (χ1) is 17.2. The molecule has 0 spiro atoms. The van der Waals surface area contributed by atoms with Gasteiger partial charge in [0.2, 0.25) is 5.91 Å². The van der Waals surface area contributed by atoms with Crippen LogP contribution >= 0.6 is 0 Å². The molecule has 0 aliphatic rings. The molecule has 188 valence electrons. The molecule has 3 rings (SSSR count). The molecule has 1 heterocycles. The minimum Gasteiger partial charge on any atom is -0.370 e. The molecule has 0 saturated heterocycles. The Morgan fingerprint density at radius 1 is 0.889 bits per heavy atom. The zero-order valence-electron chi connectivity index (χ0n) is 19.5. The normalized spacial score (nSPS) is 10.5. The van der Waals surface area contributed by atoms with Gasteiger partial charge in [-0.15, -0.1) is 0 Å². The number of nitrogens with two attached hydrogens (primary N) is 4. The summed E-state index contributed by atoms with van der Waals surface area (Å²) in [5.41, 5.74) is 13.3. The summed E-state index contributed by atoms with van der Waals surface area (Å²) in [6.45, 7) is 1.92. The van der Waals surface area contributed by atoms with Crippen molar-refractivity contribution in [2.75, 3.05) is 15.3 Å². The lowest BCUT2D eigenvalue weighted by molar-refractivity contribution is -0.115. The van der Waals surface area contributed by atoms with Crippen molar-refractivity contribution in [1.82, 2.24) is 9.97 Å². The number of hydrogen-bond acceptors (Lipinski definition) is 8. The van der Waals surface area contributed by atoms with Crippen LogP contribution in [-0.4, -0.2) is 27.9 Å². The van der Waals surface area contributed by atoms with Crippen LogP contribution in [0.2, 0.25) is 0 Å². The Labute approximate surface area is 207 Å². The van der Waals surface area contributed by atoms with Crippen LogP contribution in [0.15, 0.2) is 54.6 Å². The van der Waals surface area contributed by atoms with Crippen molar-refractivity contribution < 1.29 is 19.1 Å². The number of urea groups is 2. The molecule has 9 N–H and O–H groups in total. The third-order valence-corrected chi connectivity index (χ3v) is 5.00. The lowest BCUT2D eigenvalue weighted by atomic mass is 10.0. The van der Waals surface area contributed by atoms with E-state index < -0.39 is 12.1 Å². The minimum atomic E-state index is -1.04. The predicted octanol–water partition coefficient (Wildman–Crippen LogP) is 1.73. The first kappa shape index (κ1) is 26.0. The van der Waals surface area contributed by atoms with E-state index in [0.29, 0.717) is 33.3 Å². The Balaban J connectivity index is 2.09. The smallest absolute Gasteiger partial charge is 0.336 e. The first-order valence-electron chi connectivity index (χ1n) is 10.8. The maximum Gasteiger partial charge on any atom is 0.336 e. The van der Waals surface area contributed by atoms with E-state index >= 15 is 0 Å². The third kappa shape index (κ3) is 6.29. The topological polar surface area (TPSA) is 209 Å². The number of carbonyl (C=O) groups excluding carboxylic acids is 3. The van der Waals surface area contributed by atoms with Crippen LogP contribution in [0.25, 0.3) is 11.1 Å². The maximum absolute atomic E-state index is 12.0. The molecule has 13 heteroatoms. The monoisotopic (exact) mass is 493 g/mol. The second kappa shape index (κ2) is 11.7. The zero-order valence-corrected chi connectivity index (χ0v) is 19.5. The highest BCUT2D eigenvalue weighted by molar-refractivity contribution is 5.95. The fourth-order valence-corrected chi connectivity index (χ4v) is 3.18. The van der Waals surface area contributed by atoms with E-state index in [9.17, 15) is 14.4 Å². The summed E-state index contributed by atoms with van der Waals surface area (Å²) in [5, 5.41) is 3.86. The lowest BCUT2D eigenvalue weighted by Gasteiger charge is -2.22. The summed E-state index contributed by atoms with van der Waals surface area (Å²) in [6.07, 6.45) is 0.320. The van der Waals surface area contributed by atoms with Crippen molar-refractivity contribution in [2.24, 2.45) is 23.2 Å². The summed E-state index contributed by atoms with van der Waals surface area (Å²) < 4.78 is 5.85. The van der Waals surface area contributed by atoms with Crippen molar-refractivity contribution in [2.45, 2.75) is 26.6 Å². The van der Waals surface area contributed by atoms with Crippen LogP contribution < -0.4 is 38.5 Å².